The number of hydrogen-bond acceptors (Lipinski definition) is 3. The maximum absolute atomic E-state index is 13.6. The Balaban J connectivity index is 0.00000113. The van der Waals surface area contributed by atoms with Gasteiger partial charge >= 0.3 is 0 Å². The lowest BCUT2D eigenvalue weighted by atomic mass is 9.89. The van der Waals surface area contributed by atoms with E-state index in [-0.39, 0.29) is 30.6 Å². The Labute approximate surface area is 160 Å². The maximum Gasteiger partial charge on any atom is 0.123 e. The van der Waals surface area contributed by atoms with Crippen molar-refractivity contribution in [2.75, 3.05) is 26.7 Å². The Hall–Kier alpha value is -1.14. The summed E-state index contributed by atoms with van der Waals surface area (Å²) in [4.78, 5) is 9.33. The van der Waals surface area contributed by atoms with E-state index >= 15 is 0 Å². The van der Waals surface area contributed by atoms with Gasteiger partial charge in [0.15, 0.2) is 0 Å². The summed E-state index contributed by atoms with van der Waals surface area (Å²) in [6, 6.07) is 7.44. The van der Waals surface area contributed by atoms with Crippen molar-refractivity contribution >= 4 is 24.8 Å². The topological polar surface area (TPSA) is 24.3 Å². The Morgan fingerprint density at radius 1 is 1.16 bits per heavy atom. The molecule has 25 heavy (non-hydrogen) atoms. The van der Waals surface area contributed by atoms with Gasteiger partial charge < -0.3 is 4.57 Å². The highest BCUT2D eigenvalue weighted by Gasteiger charge is 2.46. The molecule has 0 aliphatic carbocycles. The number of halogens is 3. The van der Waals surface area contributed by atoms with Crippen LogP contribution in [0.25, 0.3) is 0 Å². The molecule has 0 spiro atoms. The molecule has 0 bridgehead atoms. The van der Waals surface area contributed by atoms with E-state index in [2.05, 4.69) is 32.5 Å². The van der Waals surface area contributed by atoms with Crippen LogP contribution in [0.3, 0.4) is 0 Å². The predicted molar refractivity (Wildman–Crippen MR) is 102 cm³/mol. The monoisotopic (exact) mass is 386 g/mol. The number of likely N-dealkylation sites (tertiary alicyclic amines) is 2. The first-order valence-corrected chi connectivity index (χ1v) is 8.26. The highest BCUT2D eigenvalue weighted by Crippen LogP contribution is 2.44. The predicted octanol–water partition coefficient (Wildman–Crippen LogP) is 3.14. The third-order valence-corrected chi connectivity index (χ3v) is 5.45. The zero-order valence-corrected chi connectivity index (χ0v) is 16.1. The number of hydrogen-bond donors (Lipinski definition) is 0. The van der Waals surface area contributed by atoms with E-state index < -0.39 is 0 Å². The minimum Gasteiger partial charge on any atom is -0.337 e. The van der Waals surface area contributed by atoms with Gasteiger partial charge in [0.05, 0.1) is 6.54 Å². The summed E-state index contributed by atoms with van der Waals surface area (Å²) in [7, 11) is 4.21. The van der Waals surface area contributed by atoms with Gasteiger partial charge in [-0.15, -0.1) is 24.8 Å². The van der Waals surface area contributed by atoms with Gasteiger partial charge in [0.25, 0.3) is 0 Å². The molecule has 7 heteroatoms. The molecule has 3 atom stereocenters. The SMILES string of the molecule is CN1C[C@H]2CN(Cc3nccn3C)C[C@H]2[C@@H]1c1cccc(F)c1.Cl.Cl. The van der Waals surface area contributed by atoms with Gasteiger partial charge in [-0.1, -0.05) is 12.1 Å². The number of imidazole rings is 1. The molecule has 0 unspecified atom stereocenters. The first kappa shape index (κ1) is 20.2. The molecule has 2 saturated heterocycles. The number of aryl methyl sites for hydroxylation is 1. The molecule has 2 fully saturated rings. The summed E-state index contributed by atoms with van der Waals surface area (Å²) in [6.45, 7) is 4.15. The fourth-order valence-electron chi connectivity index (χ4n) is 4.42. The van der Waals surface area contributed by atoms with Crippen molar-refractivity contribution in [3.8, 4) is 0 Å². The lowest BCUT2D eigenvalue weighted by molar-refractivity contribution is 0.221. The maximum atomic E-state index is 13.6. The lowest BCUT2D eigenvalue weighted by Crippen LogP contribution is -2.29. The van der Waals surface area contributed by atoms with Crippen LogP contribution < -0.4 is 0 Å². The summed E-state index contributed by atoms with van der Waals surface area (Å²) < 4.78 is 15.7. The fraction of sp³-hybridized carbons (Fsp3) is 0.500. The number of fused-ring (bicyclic) bond motifs is 1. The second kappa shape index (κ2) is 8.04. The largest absolute Gasteiger partial charge is 0.337 e. The van der Waals surface area contributed by atoms with E-state index in [1.807, 2.05) is 25.5 Å². The Kier molecular flexibility index (Phi) is 6.49. The molecule has 4 nitrogen and oxygen atoms in total. The summed E-state index contributed by atoms with van der Waals surface area (Å²) in [5.41, 5.74) is 1.11. The molecular weight excluding hydrogens is 362 g/mol. The van der Waals surface area contributed by atoms with E-state index in [0.717, 1.165) is 37.6 Å². The summed E-state index contributed by atoms with van der Waals surface area (Å²) in [5.74, 6) is 2.21. The van der Waals surface area contributed by atoms with Gasteiger partial charge in [0.2, 0.25) is 0 Å². The molecule has 0 N–H and O–H groups in total. The third kappa shape index (κ3) is 3.85. The van der Waals surface area contributed by atoms with Crippen molar-refractivity contribution in [3.05, 3.63) is 53.9 Å². The summed E-state index contributed by atoms with van der Waals surface area (Å²) in [5, 5.41) is 0. The van der Waals surface area contributed by atoms with Crippen LogP contribution in [0, 0.1) is 17.7 Å². The minimum absolute atomic E-state index is 0. The second-order valence-electron chi connectivity index (χ2n) is 7.01. The zero-order chi connectivity index (χ0) is 16.0. The molecule has 2 aliphatic rings. The van der Waals surface area contributed by atoms with Gasteiger partial charge in [-0.25, -0.2) is 9.37 Å². The molecule has 1 aromatic carbocycles. The smallest absolute Gasteiger partial charge is 0.123 e. The van der Waals surface area contributed by atoms with Crippen molar-refractivity contribution in [1.29, 1.82) is 0 Å². The van der Waals surface area contributed by atoms with Gasteiger partial charge in [-0.2, -0.15) is 0 Å². The normalized spacial score (nSPS) is 26.1. The van der Waals surface area contributed by atoms with Gasteiger partial charge in [0, 0.05) is 45.1 Å². The van der Waals surface area contributed by atoms with Gasteiger partial charge in [0.1, 0.15) is 11.6 Å². The van der Waals surface area contributed by atoms with Gasteiger partial charge in [-0.3, -0.25) is 9.80 Å². The number of rotatable bonds is 3. The number of benzene rings is 1. The Morgan fingerprint density at radius 2 is 1.96 bits per heavy atom. The van der Waals surface area contributed by atoms with Crippen LogP contribution >= 0.6 is 24.8 Å². The standard InChI is InChI=1S/C18H23FN4.2ClH/c1-21-7-6-20-17(21)12-23-10-14-9-22(2)18(16(14)11-23)13-4-3-5-15(19)8-13;;/h3-8,14,16,18H,9-12H2,1-2H3;2*1H/t14-,16+,18-;;/m0../s1. The molecule has 138 valence electrons. The van der Waals surface area contributed by atoms with E-state index in [1.54, 1.807) is 6.07 Å². The van der Waals surface area contributed by atoms with Crippen molar-refractivity contribution in [3.63, 3.8) is 0 Å². The van der Waals surface area contributed by atoms with Crippen LogP contribution in [0.2, 0.25) is 0 Å². The molecule has 0 amide bonds. The molecular formula is C18H25Cl2FN4. The first-order chi connectivity index (χ1) is 11.1. The highest BCUT2D eigenvalue weighted by molar-refractivity contribution is 5.85. The second-order valence-corrected chi connectivity index (χ2v) is 7.01. The molecule has 1 aromatic heterocycles. The molecule has 0 radical (unpaired) electrons. The van der Waals surface area contributed by atoms with Crippen molar-refractivity contribution in [2.45, 2.75) is 12.6 Å². The van der Waals surface area contributed by atoms with E-state index in [0.29, 0.717) is 17.9 Å². The number of aromatic nitrogens is 2. The quantitative estimate of drug-likeness (QED) is 0.809. The highest BCUT2D eigenvalue weighted by atomic mass is 35.5. The van der Waals surface area contributed by atoms with E-state index in [4.69, 9.17) is 0 Å². The molecule has 0 saturated carbocycles. The fourth-order valence-corrected chi connectivity index (χ4v) is 4.42. The van der Waals surface area contributed by atoms with Gasteiger partial charge in [-0.05, 0) is 36.6 Å². The minimum atomic E-state index is -0.137. The van der Waals surface area contributed by atoms with Crippen LogP contribution in [0.1, 0.15) is 17.4 Å². The first-order valence-electron chi connectivity index (χ1n) is 8.26. The molecule has 2 aliphatic heterocycles. The lowest BCUT2D eigenvalue weighted by Gasteiger charge is -2.26. The Bertz CT molecular complexity index is 708. The van der Waals surface area contributed by atoms with Crippen LogP contribution in [-0.4, -0.2) is 46.0 Å². The van der Waals surface area contributed by atoms with Crippen molar-refractivity contribution < 1.29 is 4.39 Å². The van der Waals surface area contributed by atoms with Crippen LogP contribution in [-0.2, 0) is 13.6 Å². The third-order valence-electron chi connectivity index (χ3n) is 5.45. The van der Waals surface area contributed by atoms with E-state index in [1.165, 1.54) is 6.07 Å². The average molecular weight is 387 g/mol. The van der Waals surface area contributed by atoms with Crippen molar-refractivity contribution in [2.24, 2.45) is 18.9 Å². The van der Waals surface area contributed by atoms with Crippen LogP contribution in [0.4, 0.5) is 4.39 Å². The van der Waals surface area contributed by atoms with Crippen LogP contribution in [0.5, 0.6) is 0 Å². The average Bonchev–Trinajstić information content (AvgIpc) is 3.14. The van der Waals surface area contributed by atoms with Crippen LogP contribution in [0.15, 0.2) is 36.7 Å². The molecule has 3 heterocycles. The summed E-state index contributed by atoms with van der Waals surface area (Å²) >= 11 is 0. The van der Waals surface area contributed by atoms with E-state index in [9.17, 15) is 4.39 Å². The number of nitrogens with zero attached hydrogens (tertiary/aromatic N) is 4. The molecule has 4 rings (SSSR count). The Morgan fingerprint density at radius 3 is 2.64 bits per heavy atom. The molecule has 2 aromatic rings. The van der Waals surface area contributed by atoms with Crippen molar-refractivity contribution in [1.82, 2.24) is 19.4 Å². The zero-order valence-electron chi connectivity index (χ0n) is 14.5. The summed E-state index contributed by atoms with van der Waals surface area (Å²) in [6.07, 6.45) is 3.85.